The molecule has 0 aliphatic rings. The highest BCUT2D eigenvalue weighted by Crippen LogP contribution is 2.24. The average Bonchev–Trinajstić information content (AvgIpc) is 2.69. The average molecular weight is 368 g/mol. The number of unbranched alkanes of at least 4 members (excludes halogenated alkanes) is 6. The Morgan fingerprint density at radius 3 is 2.37 bits per heavy atom. The molecule has 0 radical (unpaired) electrons. The summed E-state index contributed by atoms with van der Waals surface area (Å²) in [5.74, 6) is 0.919. The number of nitrogens with zero attached hydrogens (tertiary/aromatic N) is 1. The fourth-order valence-corrected chi connectivity index (χ4v) is 2.98. The quantitative estimate of drug-likeness (QED) is 0.335. The van der Waals surface area contributed by atoms with Crippen LogP contribution in [0.3, 0.4) is 0 Å². The predicted octanol–water partition coefficient (Wildman–Crippen LogP) is 6.70. The summed E-state index contributed by atoms with van der Waals surface area (Å²) < 4.78 is 5.76. The summed E-state index contributed by atoms with van der Waals surface area (Å²) in [7, 11) is 0. The van der Waals surface area contributed by atoms with E-state index in [1.54, 1.807) is 12.3 Å². The topological polar surface area (TPSA) is 41.8 Å². The standard InChI is InChI=1S/C24H33NO2/c1-3-4-5-6-7-8-12-17-27-23-16-15-22(24(26)18-23)19-25-20(2)21-13-10-9-11-14-21/h9-11,13-16,18-20,26H,3-8,12,17H2,1-2H3. The van der Waals surface area contributed by atoms with Crippen molar-refractivity contribution in [2.24, 2.45) is 4.99 Å². The van der Waals surface area contributed by atoms with Gasteiger partial charge in [-0.25, -0.2) is 0 Å². The molecule has 0 aliphatic heterocycles. The smallest absolute Gasteiger partial charge is 0.128 e. The van der Waals surface area contributed by atoms with Gasteiger partial charge < -0.3 is 9.84 Å². The van der Waals surface area contributed by atoms with Crippen LogP contribution in [-0.2, 0) is 0 Å². The van der Waals surface area contributed by atoms with Gasteiger partial charge in [-0.1, -0.05) is 75.8 Å². The third-order valence-electron chi connectivity index (χ3n) is 4.74. The fourth-order valence-electron chi connectivity index (χ4n) is 2.98. The molecule has 0 fully saturated rings. The Morgan fingerprint density at radius 2 is 1.67 bits per heavy atom. The van der Waals surface area contributed by atoms with Crippen LogP contribution < -0.4 is 4.74 Å². The molecule has 27 heavy (non-hydrogen) atoms. The highest BCUT2D eigenvalue weighted by Gasteiger charge is 2.04. The number of rotatable bonds is 12. The molecule has 1 unspecified atom stereocenters. The van der Waals surface area contributed by atoms with E-state index in [9.17, 15) is 5.11 Å². The maximum absolute atomic E-state index is 10.2. The van der Waals surface area contributed by atoms with Crippen LogP contribution in [0.5, 0.6) is 11.5 Å². The summed E-state index contributed by atoms with van der Waals surface area (Å²) in [5, 5.41) is 10.2. The van der Waals surface area contributed by atoms with Gasteiger partial charge in [0.25, 0.3) is 0 Å². The lowest BCUT2D eigenvalue weighted by atomic mass is 10.1. The van der Waals surface area contributed by atoms with Crippen molar-refractivity contribution < 1.29 is 9.84 Å². The number of hydrogen-bond acceptors (Lipinski definition) is 3. The SMILES string of the molecule is CCCCCCCCCOc1ccc(C=NC(C)c2ccccc2)c(O)c1. The van der Waals surface area contributed by atoms with Crippen molar-refractivity contribution in [3.63, 3.8) is 0 Å². The monoisotopic (exact) mass is 367 g/mol. The van der Waals surface area contributed by atoms with Gasteiger partial charge in [-0.05, 0) is 31.0 Å². The van der Waals surface area contributed by atoms with E-state index in [1.165, 1.54) is 38.5 Å². The van der Waals surface area contributed by atoms with Crippen molar-refractivity contribution in [3.05, 3.63) is 59.7 Å². The second-order valence-electron chi connectivity index (χ2n) is 7.06. The van der Waals surface area contributed by atoms with Crippen LogP contribution in [0, 0.1) is 0 Å². The summed E-state index contributed by atoms with van der Waals surface area (Å²) >= 11 is 0. The molecule has 0 bridgehead atoms. The van der Waals surface area contributed by atoms with E-state index in [0.29, 0.717) is 17.9 Å². The van der Waals surface area contributed by atoms with Gasteiger partial charge in [-0.15, -0.1) is 0 Å². The van der Waals surface area contributed by atoms with Crippen LogP contribution in [0.1, 0.15) is 76.0 Å². The number of aromatic hydroxyl groups is 1. The highest BCUT2D eigenvalue weighted by atomic mass is 16.5. The summed E-state index contributed by atoms with van der Waals surface area (Å²) in [4.78, 5) is 4.55. The molecule has 2 rings (SSSR count). The summed E-state index contributed by atoms with van der Waals surface area (Å²) in [6.07, 6.45) is 10.6. The zero-order valence-corrected chi connectivity index (χ0v) is 16.7. The largest absolute Gasteiger partial charge is 0.507 e. The van der Waals surface area contributed by atoms with Crippen LogP contribution in [-0.4, -0.2) is 17.9 Å². The number of phenols is 1. The van der Waals surface area contributed by atoms with Crippen molar-refractivity contribution in [3.8, 4) is 11.5 Å². The van der Waals surface area contributed by atoms with Crippen molar-refractivity contribution in [1.82, 2.24) is 0 Å². The van der Waals surface area contributed by atoms with Gasteiger partial charge in [0, 0.05) is 17.8 Å². The third kappa shape index (κ3) is 7.86. The van der Waals surface area contributed by atoms with Crippen LogP contribution in [0.25, 0.3) is 0 Å². The second kappa shape index (κ2) is 12.2. The molecule has 0 amide bonds. The number of aliphatic imine (C=N–C) groups is 1. The molecule has 0 saturated carbocycles. The molecule has 146 valence electrons. The molecule has 3 nitrogen and oxygen atoms in total. The summed E-state index contributed by atoms with van der Waals surface area (Å²) in [6, 6.07) is 15.6. The minimum Gasteiger partial charge on any atom is -0.507 e. The molecule has 0 saturated heterocycles. The number of hydrogen-bond donors (Lipinski definition) is 1. The Labute approximate surface area is 164 Å². The number of ether oxygens (including phenoxy) is 1. The molecule has 0 aromatic heterocycles. The van der Waals surface area contributed by atoms with E-state index in [0.717, 1.165) is 12.0 Å². The first-order valence-electron chi connectivity index (χ1n) is 10.2. The van der Waals surface area contributed by atoms with Gasteiger partial charge in [-0.2, -0.15) is 0 Å². The lowest BCUT2D eigenvalue weighted by Crippen LogP contribution is -1.98. The van der Waals surface area contributed by atoms with Gasteiger partial charge in [0.05, 0.1) is 12.6 Å². The minimum atomic E-state index is 0.0545. The summed E-state index contributed by atoms with van der Waals surface area (Å²) in [6.45, 7) is 4.98. The molecule has 2 aromatic carbocycles. The Bertz CT molecular complexity index is 682. The number of benzene rings is 2. The maximum Gasteiger partial charge on any atom is 0.128 e. The molecule has 1 N–H and O–H groups in total. The third-order valence-corrected chi connectivity index (χ3v) is 4.74. The molecular weight excluding hydrogens is 334 g/mol. The predicted molar refractivity (Wildman–Crippen MR) is 114 cm³/mol. The van der Waals surface area contributed by atoms with Crippen molar-refractivity contribution in [1.29, 1.82) is 0 Å². The lowest BCUT2D eigenvalue weighted by Gasteiger charge is -2.09. The van der Waals surface area contributed by atoms with Gasteiger partial charge in [0.15, 0.2) is 0 Å². The van der Waals surface area contributed by atoms with Crippen molar-refractivity contribution in [2.45, 2.75) is 64.8 Å². The van der Waals surface area contributed by atoms with Gasteiger partial charge >= 0.3 is 0 Å². The molecule has 3 heteroatoms. The normalized spacial score (nSPS) is 12.4. The highest BCUT2D eigenvalue weighted by molar-refractivity contribution is 5.83. The molecule has 2 aromatic rings. The molecule has 0 spiro atoms. The van der Waals surface area contributed by atoms with Gasteiger partial charge in [0.1, 0.15) is 11.5 Å². The maximum atomic E-state index is 10.2. The van der Waals surface area contributed by atoms with Crippen molar-refractivity contribution >= 4 is 6.21 Å². The van der Waals surface area contributed by atoms with Crippen LogP contribution in [0.15, 0.2) is 53.5 Å². The van der Waals surface area contributed by atoms with Crippen molar-refractivity contribution in [2.75, 3.05) is 6.61 Å². The van der Waals surface area contributed by atoms with E-state index in [4.69, 9.17) is 4.74 Å². The Morgan fingerprint density at radius 1 is 0.963 bits per heavy atom. The van der Waals surface area contributed by atoms with E-state index in [2.05, 4.69) is 24.0 Å². The zero-order chi connectivity index (χ0) is 19.3. The lowest BCUT2D eigenvalue weighted by molar-refractivity contribution is 0.302. The molecular formula is C24H33NO2. The zero-order valence-electron chi connectivity index (χ0n) is 16.7. The first-order chi connectivity index (χ1) is 13.2. The Hall–Kier alpha value is -2.29. The minimum absolute atomic E-state index is 0.0545. The first kappa shape index (κ1) is 21.0. The number of phenolic OH excluding ortho intramolecular Hbond substituents is 1. The second-order valence-corrected chi connectivity index (χ2v) is 7.06. The van der Waals surface area contributed by atoms with Crippen LogP contribution in [0.2, 0.25) is 0 Å². The van der Waals surface area contributed by atoms with E-state index in [-0.39, 0.29) is 11.8 Å². The fraction of sp³-hybridized carbons (Fsp3) is 0.458. The Balaban J connectivity index is 1.75. The first-order valence-corrected chi connectivity index (χ1v) is 10.2. The Kier molecular flexibility index (Phi) is 9.47. The molecule has 0 aliphatic carbocycles. The van der Waals surface area contributed by atoms with Crippen LogP contribution >= 0.6 is 0 Å². The van der Waals surface area contributed by atoms with Crippen LogP contribution in [0.4, 0.5) is 0 Å². The van der Waals surface area contributed by atoms with E-state index in [1.807, 2.05) is 37.3 Å². The van der Waals surface area contributed by atoms with E-state index >= 15 is 0 Å². The van der Waals surface area contributed by atoms with Gasteiger partial charge in [-0.3, -0.25) is 4.99 Å². The summed E-state index contributed by atoms with van der Waals surface area (Å²) in [5.41, 5.74) is 1.86. The van der Waals surface area contributed by atoms with Gasteiger partial charge in [0.2, 0.25) is 0 Å². The molecule has 1 atom stereocenters. The van der Waals surface area contributed by atoms with E-state index < -0.39 is 0 Å². The molecule has 0 heterocycles.